The predicted molar refractivity (Wildman–Crippen MR) is 94.8 cm³/mol. The molecule has 0 spiro atoms. The Kier molecular flexibility index (Phi) is 5.54. The number of hydrogen-bond acceptors (Lipinski definition) is 1. The Labute approximate surface area is 128 Å². The normalized spacial score (nSPS) is 19.2. The van der Waals surface area contributed by atoms with Crippen LogP contribution in [0.5, 0.6) is 0 Å². The molecule has 1 aromatic rings. The summed E-state index contributed by atoms with van der Waals surface area (Å²) in [7, 11) is 3.57. The average molecular weight is 336 g/mol. The van der Waals surface area contributed by atoms with E-state index in [2.05, 4.69) is 46.8 Å². The van der Waals surface area contributed by atoms with Crippen molar-refractivity contribution in [2.45, 2.75) is 54.7 Å². The minimum atomic E-state index is -1.24. The summed E-state index contributed by atoms with van der Waals surface area (Å²) in [6.07, 6.45) is 13.5. The van der Waals surface area contributed by atoms with Gasteiger partial charge in [0.05, 0.1) is 17.3 Å². The molecule has 0 N–H and O–H groups in total. The van der Waals surface area contributed by atoms with Gasteiger partial charge < -0.3 is 0 Å². The van der Waals surface area contributed by atoms with Crippen molar-refractivity contribution < 1.29 is 4.39 Å². The number of rotatable bonds is 5. The molecule has 0 bridgehead atoms. The number of aromatic nitrogens is 2. The fourth-order valence-electron chi connectivity index (χ4n) is 2.86. The first-order chi connectivity index (χ1) is 9.30. The lowest BCUT2D eigenvalue weighted by Crippen LogP contribution is -2.19. The lowest BCUT2D eigenvalue weighted by Gasteiger charge is -2.36. The van der Waals surface area contributed by atoms with Crippen LogP contribution in [0.15, 0.2) is 17.3 Å². The van der Waals surface area contributed by atoms with Crippen molar-refractivity contribution in [3.05, 3.63) is 12.3 Å². The molecule has 2 unspecified atom stereocenters. The molecule has 2 nitrogen and oxygen atoms in total. The van der Waals surface area contributed by atoms with E-state index >= 15 is 0 Å². The Morgan fingerprint density at radius 2 is 2.00 bits per heavy atom. The van der Waals surface area contributed by atoms with Crippen molar-refractivity contribution >= 4 is 28.5 Å². The number of halogens is 1. The molecule has 2 rings (SSSR count). The van der Waals surface area contributed by atoms with E-state index in [1.54, 1.807) is 0 Å². The Morgan fingerprint density at radius 3 is 2.60 bits per heavy atom. The molecular weight excluding hydrogens is 309 g/mol. The first-order valence-electron chi connectivity index (χ1n) is 7.31. The fourth-order valence-corrected chi connectivity index (χ4v) is 5.73. The van der Waals surface area contributed by atoms with Crippen LogP contribution < -0.4 is 0 Å². The van der Waals surface area contributed by atoms with Crippen molar-refractivity contribution in [3.63, 3.8) is 0 Å². The Morgan fingerprint density at radius 1 is 1.35 bits per heavy atom. The summed E-state index contributed by atoms with van der Waals surface area (Å²) in [4.78, 5) is 0. The van der Waals surface area contributed by atoms with Gasteiger partial charge in [0.2, 0.25) is 0 Å². The van der Waals surface area contributed by atoms with Crippen LogP contribution in [0.25, 0.3) is 0 Å². The maximum Gasteiger partial charge on any atom is 0.136 e. The summed E-state index contributed by atoms with van der Waals surface area (Å²) in [6, 6.07) is 2.71. The molecule has 1 aliphatic rings. The van der Waals surface area contributed by atoms with Crippen molar-refractivity contribution in [2.75, 3.05) is 18.3 Å². The highest BCUT2D eigenvalue weighted by Gasteiger charge is 2.27. The van der Waals surface area contributed by atoms with Crippen LogP contribution in [0, 0.1) is 0 Å². The molecule has 20 heavy (non-hydrogen) atoms. The van der Waals surface area contributed by atoms with E-state index in [0.717, 1.165) is 5.75 Å². The maximum absolute atomic E-state index is 13.7. The Hall–Kier alpha value is 0.350. The predicted octanol–water partition coefficient (Wildman–Crippen LogP) is 4.58. The van der Waals surface area contributed by atoms with Gasteiger partial charge in [0.1, 0.15) is 5.15 Å². The van der Waals surface area contributed by atoms with Crippen LogP contribution in [0.4, 0.5) is 4.39 Å². The van der Waals surface area contributed by atoms with Gasteiger partial charge in [-0.1, -0.05) is 37.7 Å². The largest absolute Gasteiger partial charge is 0.258 e. The van der Waals surface area contributed by atoms with Crippen molar-refractivity contribution in [3.8, 4) is 0 Å². The first-order valence-corrected chi connectivity index (χ1v) is 11.1. The lowest BCUT2D eigenvalue weighted by atomic mass is 9.96. The SMILES string of the molecule is CS(C)(CCC(F)(P)P)c1ccnn1C1CCCCC1. The van der Waals surface area contributed by atoms with E-state index < -0.39 is 15.2 Å². The summed E-state index contributed by atoms with van der Waals surface area (Å²) >= 11 is 0. The number of nitrogens with zero attached hydrogens (tertiary/aromatic N) is 2. The van der Waals surface area contributed by atoms with Crippen LogP contribution >= 0.6 is 28.5 Å². The van der Waals surface area contributed by atoms with Gasteiger partial charge in [0.15, 0.2) is 0 Å². The maximum atomic E-state index is 13.7. The van der Waals surface area contributed by atoms with Crippen molar-refractivity contribution in [1.82, 2.24) is 9.78 Å². The smallest absolute Gasteiger partial charge is 0.136 e. The lowest BCUT2D eigenvalue weighted by molar-refractivity contribution is 0.312. The molecule has 6 heteroatoms. The molecule has 0 amide bonds. The zero-order chi connectivity index (χ0) is 14.8. The van der Waals surface area contributed by atoms with Crippen molar-refractivity contribution in [1.29, 1.82) is 0 Å². The molecule has 0 saturated heterocycles. The van der Waals surface area contributed by atoms with E-state index in [-0.39, 0.29) is 0 Å². The second-order valence-corrected chi connectivity index (χ2v) is 12.8. The third-order valence-corrected chi connectivity index (χ3v) is 7.37. The van der Waals surface area contributed by atoms with Gasteiger partial charge >= 0.3 is 0 Å². The average Bonchev–Trinajstić information content (AvgIpc) is 2.87. The highest BCUT2D eigenvalue weighted by molar-refractivity contribution is 8.32. The van der Waals surface area contributed by atoms with Gasteiger partial charge in [0, 0.05) is 0 Å². The molecule has 1 aromatic heterocycles. The number of alkyl halides is 1. The number of hydrogen-bond donors (Lipinski definition) is 0. The summed E-state index contributed by atoms with van der Waals surface area (Å²) in [5.74, 6) is 0.898. The van der Waals surface area contributed by atoms with Crippen LogP contribution in [0.3, 0.4) is 0 Å². The highest BCUT2D eigenvalue weighted by Crippen LogP contribution is 2.52. The van der Waals surface area contributed by atoms with Gasteiger partial charge in [0.25, 0.3) is 0 Å². The third-order valence-electron chi connectivity index (χ3n) is 4.12. The minimum Gasteiger partial charge on any atom is -0.258 e. The molecule has 0 aliphatic heterocycles. The molecule has 1 aliphatic carbocycles. The molecule has 2 atom stereocenters. The third kappa shape index (κ3) is 4.42. The van der Waals surface area contributed by atoms with E-state index in [0.29, 0.717) is 12.5 Å². The monoisotopic (exact) mass is 336 g/mol. The van der Waals surface area contributed by atoms with Gasteiger partial charge in [-0.05, 0) is 43.6 Å². The fraction of sp³-hybridized carbons (Fsp3) is 0.786. The molecule has 0 aromatic carbocycles. The van der Waals surface area contributed by atoms with E-state index in [4.69, 9.17) is 0 Å². The molecule has 1 saturated carbocycles. The zero-order valence-corrected chi connectivity index (χ0v) is 15.6. The summed E-state index contributed by atoms with van der Waals surface area (Å²) in [5.41, 5.74) is 0. The molecule has 1 fully saturated rings. The van der Waals surface area contributed by atoms with E-state index in [1.165, 1.54) is 37.1 Å². The van der Waals surface area contributed by atoms with Gasteiger partial charge in [-0.25, -0.2) is 14.4 Å². The highest BCUT2D eigenvalue weighted by atomic mass is 32.3. The van der Waals surface area contributed by atoms with Crippen molar-refractivity contribution in [2.24, 2.45) is 0 Å². The summed E-state index contributed by atoms with van der Waals surface area (Å²) in [5, 5.41) is 4.68. The quantitative estimate of drug-likeness (QED) is 0.720. The Balaban J connectivity index is 2.13. The van der Waals surface area contributed by atoms with Crippen LogP contribution in [-0.4, -0.2) is 33.2 Å². The zero-order valence-electron chi connectivity index (χ0n) is 12.5. The van der Waals surface area contributed by atoms with Crippen LogP contribution in [-0.2, 0) is 0 Å². The molecule has 1 heterocycles. The van der Waals surface area contributed by atoms with E-state index in [9.17, 15) is 4.39 Å². The molecule has 0 radical (unpaired) electrons. The van der Waals surface area contributed by atoms with Crippen LogP contribution in [0.1, 0.15) is 44.6 Å². The van der Waals surface area contributed by atoms with Crippen LogP contribution in [0.2, 0.25) is 0 Å². The first kappa shape index (κ1) is 16.7. The van der Waals surface area contributed by atoms with Gasteiger partial charge in [-0.2, -0.15) is 5.10 Å². The topological polar surface area (TPSA) is 17.8 Å². The van der Waals surface area contributed by atoms with Gasteiger partial charge in [-0.3, -0.25) is 4.68 Å². The minimum absolute atomic E-state index is 0.556. The van der Waals surface area contributed by atoms with E-state index in [1.807, 2.05) is 6.20 Å². The second-order valence-electron chi connectivity index (χ2n) is 6.32. The second kappa shape index (κ2) is 6.63. The summed E-state index contributed by atoms with van der Waals surface area (Å²) in [6.45, 7) is 0. The van der Waals surface area contributed by atoms with Gasteiger partial charge in [-0.15, -0.1) is 0 Å². The summed E-state index contributed by atoms with van der Waals surface area (Å²) < 4.78 is 16.0. The molecule has 116 valence electrons. The molecular formula is C14H27FN2P2S. The Bertz CT molecular complexity index is 437. The standard InChI is InChI=1S/C14H27FN2P2S/c1-20(2,11-9-14(15,18)19)13-8-10-16-17(13)12-6-4-3-5-7-12/h8,10,12H,3-7,9,11,18-19H2,1-2H3.